The highest BCUT2D eigenvalue weighted by atomic mass is 32.1. The van der Waals surface area contributed by atoms with E-state index in [1.807, 2.05) is 41.4 Å². The van der Waals surface area contributed by atoms with Gasteiger partial charge in [0.1, 0.15) is 18.4 Å². The van der Waals surface area contributed by atoms with Crippen LogP contribution < -0.4 is 20.5 Å². The van der Waals surface area contributed by atoms with Gasteiger partial charge in [-0.1, -0.05) is 62.1 Å². The van der Waals surface area contributed by atoms with E-state index in [1.165, 1.54) is 0 Å². The van der Waals surface area contributed by atoms with Crippen LogP contribution in [-0.2, 0) is 21.0 Å². The van der Waals surface area contributed by atoms with Gasteiger partial charge in [-0.05, 0) is 88.8 Å². The molecule has 14 heteroatoms. The number of unbranched alkanes of at least 4 members (excludes halogenated alkanes) is 6. The summed E-state index contributed by atoms with van der Waals surface area (Å²) >= 11 is 1.66. The van der Waals surface area contributed by atoms with E-state index in [0.717, 1.165) is 102 Å². The molecule has 1 unspecified atom stereocenters. The highest BCUT2D eigenvalue weighted by Gasteiger charge is 2.46. The summed E-state index contributed by atoms with van der Waals surface area (Å²) in [6.07, 6.45) is 12.9. The molecule has 63 heavy (non-hydrogen) atoms. The summed E-state index contributed by atoms with van der Waals surface area (Å²) in [5.74, 6) is 6.08. The fourth-order valence-corrected chi connectivity index (χ4v) is 9.13. The molecule has 3 aliphatic heterocycles. The number of anilines is 1. The number of pyridine rings is 1. The highest BCUT2D eigenvalue weighted by Crippen LogP contribution is 2.37. The first kappa shape index (κ1) is 45.0. The lowest BCUT2D eigenvalue weighted by molar-refractivity contribution is -0.136. The third-order valence-corrected chi connectivity index (χ3v) is 12.7. The number of nitrogens with zero attached hydrogens (tertiary/aromatic N) is 4. The number of piperidine rings is 2. The Bertz CT molecular complexity index is 2400. The average molecular weight is 873 g/mol. The van der Waals surface area contributed by atoms with Crippen molar-refractivity contribution in [1.82, 2.24) is 25.1 Å². The van der Waals surface area contributed by atoms with Crippen LogP contribution >= 0.6 is 11.3 Å². The predicted molar refractivity (Wildman–Crippen MR) is 241 cm³/mol. The number of ether oxygens (including phenoxy) is 2. The van der Waals surface area contributed by atoms with Crippen LogP contribution in [0.2, 0.25) is 0 Å². The van der Waals surface area contributed by atoms with Crippen LogP contribution in [0.5, 0.6) is 11.5 Å². The van der Waals surface area contributed by atoms with Crippen molar-refractivity contribution in [2.24, 2.45) is 5.41 Å². The molecule has 2 aromatic heterocycles. The Kier molecular flexibility index (Phi) is 14.6. The number of hydrogen-bond acceptors (Lipinski definition) is 11. The predicted octanol–water partition coefficient (Wildman–Crippen LogP) is 8.07. The van der Waals surface area contributed by atoms with Crippen LogP contribution in [0.1, 0.15) is 141 Å². The molecule has 7 rings (SSSR count). The molecule has 3 N–H and O–H groups in total. The number of nitrogens with one attached hydrogen (secondary N) is 1. The van der Waals surface area contributed by atoms with Crippen LogP contribution in [0, 0.1) is 17.3 Å². The first-order chi connectivity index (χ1) is 30.3. The summed E-state index contributed by atoms with van der Waals surface area (Å²) in [7, 11) is 0. The molecular formula is C49H56N6O7S. The second kappa shape index (κ2) is 20.4. The molecule has 2 aromatic carbocycles. The minimum Gasteiger partial charge on any atom is -0.493 e. The minimum absolute atomic E-state index is 0.0691. The number of fused-ring (bicyclic) bond motifs is 1. The van der Waals surface area contributed by atoms with Gasteiger partial charge in [0.2, 0.25) is 17.7 Å². The number of benzene rings is 2. The average Bonchev–Trinajstić information content (AvgIpc) is 3.86. The molecule has 5 heterocycles. The first-order valence-electron chi connectivity index (χ1n) is 22.1. The number of imide groups is 2. The smallest absolute Gasteiger partial charge is 0.266 e. The second-order valence-corrected chi connectivity index (χ2v) is 18.6. The summed E-state index contributed by atoms with van der Waals surface area (Å²) in [4.78, 5) is 76.5. The lowest BCUT2D eigenvalue weighted by Gasteiger charge is -2.31. The van der Waals surface area contributed by atoms with E-state index < -0.39 is 29.7 Å². The van der Waals surface area contributed by atoms with E-state index in [0.29, 0.717) is 42.9 Å². The molecule has 13 nitrogen and oxygen atoms in total. The number of aromatic nitrogens is 2. The van der Waals surface area contributed by atoms with Gasteiger partial charge in [0.25, 0.3) is 11.8 Å². The summed E-state index contributed by atoms with van der Waals surface area (Å²) in [6, 6.07) is 13.8. The maximum absolute atomic E-state index is 13.3. The third-order valence-electron chi connectivity index (χ3n) is 11.5. The number of thiazole rings is 1. The summed E-state index contributed by atoms with van der Waals surface area (Å²) in [6.45, 7) is 8.48. The van der Waals surface area contributed by atoms with Gasteiger partial charge in [-0.2, -0.15) is 0 Å². The van der Waals surface area contributed by atoms with E-state index in [-0.39, 0.29) is 35.3 Å². The second-order valence-electron chi connectivity index (χ2n) is 17.5. The van der Waals surface area contributed by atoms with Gasteiger partial charge in [0, 0.05) is 60.8 Å². The largest absolute Gasteiger partial charge is 0.493 e. The quantitative estimate of drug-likeness (QED) is 0.0600. The maximum atomic E-state index is 13.3. The molecular weight excluding hydrogens is 817 g/mol. The molecule has 330 valence electrons. The van der Waals surface area contributed by atoms with Crippen molar-refractivity contribution < 1.29 is 33.4 Å². The Morgan fingerprint density at radius 1 is 0.873 bits per heavy atom. The minimum atomic E-state index is -1.01. The van der Waals surface area contributed by atoms with Crippen molar-refractivity contribution in [2.75, 3.05) is 25.4 Å². The summed E-state index contributed by atoms with van der Waals surface area (Å²) in [5.41, 5.74) is 9.36. The lowest BCUT2D eigenvalue weighted by atomic mass is 9.97. The van der Waals surface area contributed by atoms with E-state index >= 15 is 0 Å². The number of rotatable bonds is 17. The number of nitrogens with two attached hydrogens (primary N) is 1. The summed E-state index contributed by atoms with van der Waals surface area (Å²) in [5, 5.41) is 3.29. The fraction of sp³-hybridized carbons (Fsp3) is 0.449. The van der Waals surface area contributed by atoms with Gasteiger partial charge in [-0.25, -0.2) is 9.97 Å². The fourth-order valence-electron chi connectivity index (χ4n) is 8.06. The van der Waals surface area contributed by atoms with Crippen molar-refractivity contribution in [1.29, 1.82) is 0 Å². The monoisotopic (exact) mass is 872 g/mol. The normalized spacial score (nSPS) is 16.7. The molecule has 2 saturated heterocycles. The van der Waals surface area contributed by atoms with E-state index in [2.05, 4.69) is 42.9 Å². The highest BCUT2D eigenvalue weighted by molar-refractivity contribution is 7.15. The van der Waals surface area contributed by atoms with Gasteiger partial charge in [-0.15, -0.1) is 11.3 Å². The molecule has 4 aromatic rings. The molecule has 5 amide bonds. The number of nitrogen functional groups attached to an aromatic ring is 1. The molecule has 0 aliphatic carbocycles. The Morgan fingerprint density at radius 2 is 1.62 bits per heavy atom. The van der Waals surface area contributed by atoms with Crippen LogP contribution in [-0.4, -0.2) is 75.0 Å². The van der Waals surface area contributed by atoms with Crippen LogP contribution in [0.3, 0.4) is 0 Å². The zero-order valence-corrected chi connectivity index (χ0v) is 37.2. The zero-order valence-electron chi connectivity index (χ0n) is 36.4. The van der Waals surface area contributed by atoms with Crippen LogP contribution in [0.25, 0.3) is 10.4 Å². The molecule has 0 spiro atoms. The van der Waals surface area contributed by atoms with Crippen molar-refractivity contribution >= 4 is 46.7 Å². The van der Waals surface area contributed by atoms with Gasteiger partial charge in [0.05, 0.1) is 27.6 Å². The van der Waals surface area contributed by atoms with Crippen molar-refractivity contribution in [3.8, 4) is 33.8 Å². The van der Waals surface area contributed by atoms with Gasteiger partial charge >= 0.3 is 0 Å². The van der Waals surface area contributed by atoms with Crippen molar-refractivity contribution in [2.45, 2.75) is 116 Å². The molecule has 0 bridgehead atoms. The molecule has 0 saturated carbocycles. The van der Waals surface area contributed by atoms with E-state index in [9.17, 15) is 24.0 Å². The number of amides is 5. The van der Waals surface area contributed by atoms with Gasteiger partial charge in [-0.3, -0.25) is 34.2 Å². The molecule has 1 atom stereocenters. The van der Waals surface area contributed by atoms with Crippen molar-refractivity contribution in [3.05, 3.63) is 88.2 Å². The third kappa shape index (κ3) is 11.5. The topological polar surface area (TPSA) is 174 Å². The molecule has 2 fully saturated rings. The number of carbonyl (C=O) groups excluding carboxylic acids is 5. The standard InChI is InChI=1S/C49H56N6O7S/c1-49(2,3)23-20-32-13-11-14-33(27-32)31-62-39-28-35(29-51-44(39)50)40-30-52-46(63-40)34-21-24-54(25-22-34)42(57)17-9-7-5-4-6-8-10-26-61-38-16-12-15-36-43(38)48(60)55(47(36)59)37-18-19-41(56)53-45(37)58/h11-16,27-30,34,37H,4-10,17-19,21-22,24-26,31H2,1-3H3,(H2,50,51)(H,53,56,58). The number of carbonyl (C=O) groups is 5. The zero-order chi connectivity index (χ0) is 44.5. The molecule has 0 radical (unpaired) electrons. The van der Waals surface area contributed by atoms with Gasteiger partial charge in [0.15, 0.2) is 11.6 Å². The Hall–Kier alpha value is -6.07. The number of likely N-dealkylation sites (tertiary alicyclic amines) is 1. The Balaban J connectivity index is 0.768. The SMILES string of the molecule is CC(C)(C)C#Cc1cccc(COc2cc(-c3cnc(C4CCN(C(=O)CCCCCCCCCOc5cccc6c5C(=O)N(C5CCC(=O)NC5=O)C6=O)CC4)s3)cnc2N)c1. The van der Waals surface area contributed by atoms with E-state index in [1.54, 1.807) is 35.7 Å². The van der Waals surface area contributed by atoms with Crippen molar-refractivity contribution in [3.63, 3.8) is 0 Å². The first-order valence-corrected chi connectivity index (χ1v) is 22.9. The Morgan fingerprint density at radius 3 is 2.38 bits per heavy atom. The number of hydrogen-bond donors (Lipinski definition) is 2. The van der Waals surface area contributed by atoms with Crippen LogP contribution in [0.4, 0.5) is 5.82 Å². The Labute approximate surface area is 373 Å². The molecule has 3 aliphatic rings. The van der Waals surface area contributed by atoms with Crippen LogP contribution in [0.15, 0.2) is 60.9 Å². The summed E-state index contributed by atoms with van der Waals surface area (Å²) < 4.78 is 12.1. The lowest BCUT2D eigenvalue weighted by Crippen LogP contribution is -2.54. The van der Waals surface area contributed by atoms with Gasteiger partial charge < -0.3 is 20.1 Å². The van der Waals surface area contributed by atoms with E-state index in [4.69, 9.17) is 20.2 Å². The maximum Gasteiger partial charge on any atom is 0.266 e.